The van der Waals surface area contributed by atoms with Gasteiger partial charge in [0.15, 0.2) is 0 Å². The lowest BCUT2D eigenvalue weighted by Crippen LogP contribution is -2.47. The van der Waals surface area contributed by atoms with Crippen molar-refractivity contribution in [2.45, 2.75) is 25.0 Å². The van der Waals surface area contributed by atoms with Gasteiger partial charge < -0.3 is 15.0 Å². The van der Waals surface area contributed by atoms with Gasteiger partial charge in [0.25, 0.3) is 0 Å². The van der Waals surface area contributed by atoms with E-state index in [2.05, 4.69) is 17.3 Å². The van der Waals surface area contributed by atoms with Crippen LogP contribution in [-0.4, -0.2) is 51.3 Å². The molecule has 1 N–H and O–H groups in total. The molecule has 0 saturated heterocycles. The summed E-state index contributed by atoms with van der Waals surface area (Å²) in [5.41, 5.74) is 0. The highest BCUT2D eigenvalue weighted by molar-refractivity contribution is 4.86. The Kier molecular flexibility index (Phi) is 3.98. The number of ether oxygens (including phenoxy) is 1. The second-order valence-electron chi connectivity index (χ2n) is 3.57. The molecule has 0 bridgehead atoms. The molecule has 0 unspecified atom stereocenters. The molecule has 3 heteroatoms. The van der Waals surface area contributed by atoms with Gasteiger partial charge in [0.1, 0.15) is 0 Å². The molecule has 0 aliphatic heterocycles. The fraction of sp³-hybridized carbons (Fsp3) is 1.00. The quantitative estimate of drug-likeness (QED) is 0.646. The maximum absolute atomic E-state index is 5.23. The van der Waals surface area contributed by atoms with Crippen molar-refractivity contribution in [3.05, 3.63) is 0 Å². The summed E-state index contributed by atoms with van der Waals surface area (Å²) in [6.07, 6.45) is 2.93. The summed E-state index contributed by atoms with van der Waals surface area (Å²) in [5.74, 6) is 0. The zero-order valence-electron chi connectivity index (χ0n) is 8.34. The van der Waals surface area contributed by atoms with E-state index in [1.165, 1.54) is 12.8 Å². The van der Waals surface area contributed by atoms with Crippen LogP contribution in [0.4, 0.5) is 0 Å². The van der Waals surface area contributed by atoms with Gasteiger partial charge in [-0.1, -0.05) is 0 Å². The highest BCUT2D eigenvalue weighted by atomic mass is 16.5. The fourth-order valence-corrected chi connectivity index (χ4v) is 1.56. The Balaban J connectivity index is 2.06. The number of nitrogens with zero attached hydrogens (tertiary/aromatic N) is 1. The average Bonchev–Trinajstić information content (AvgIpc) is 1.99. The Hall–Kier alpha value is -0.120. The van der Waals surface area contributed by atoms with Crippen LogP contribution < -0.4 is 5.32 Å². The molecule has 0 spiro atoms. The molecule has 0 aromatic carbocycles. The van der Waals surface area contributed by atoms with Crippen LogP contribution >= 0.6 is 0 Å². The third kappa shape index (κ3) is 2.44. The summed E-state index contributed by atoms with van der Waals surface area (Å²) < 4.78 is 5.23. The van der Waals surface area contributed by atoms with Crippen molar-refractivity contribution in [1.82, 2.24) is 10.2 Å². The van der Waals surface area contributed by atoms with Crippen molar-refractivity contribution in [2.24, 2.45) is 0 Å². The van der Waals surface area contributed by atoms with Crippen molar-refractivity contribution in [3.63, 3.8) is 0 Å². The molecule has 1 aliphatic carbocycles. The first-order valence-corrected chi connectivity index (χ1v) is 4.65. The third-order valence-electron chi connectivity index (χ3n) is 2.74. The van der Waals surface area contributed by atoms with Crippen LogP contribution in [0.1, 0.15) is 12.8 Å². The van der Waals surface area contributed by atoms with Gasteiger partial charge >= 0.3 is 0 Å². The first-order valence-electron chi connectivity index (χ1n) is 4.65. The number of hydrogen-bond acceptors (Lipinski definition) is 3. The van der Waals surface area contributed by atoms with Gasteiger partial charge in [-0.25, -0.2) is 0 Å². The van der Waals surface area contributed by atoms with Crippen molar-refractivity contribution in [1.29, 1.82) is 0 Å². The highest BCUT2D eigenvalue weighted by Gasteiger charge is 2.31. The lowest BCUT2D eigenvalue weighted by molar-refractivity contribution is -0.0188. The second kappa shape index (κ2) is 4.80. The molecule has 0 radical (unpaired) electrons. The van der Waals surface area contributed by atoms with Crippen molar-refractivity contribution in [3.8, 4) is 0 Å². The molecule has 1 rings (SSSR count). The number of methoxy groups -OCH3 is 1. The second-order valence-corrected chi connectivity index (χ2v) is 3.57. The van der Waals surface area contributed by atoms with E-state index in [0.717, 1.165) is 19.1 Å². The normalized spacial score (nSPS) is 29.0. The maximum atomic E-state index is 5.23. The molecule has 0 atom stereocenters. The SMILES string of the molecule is CNCCN(C)C1CC(OC)C1. The number of nitrogens with one attached hydrogen (secondary N) is 1. The lowest BCUT2D eigenvalue weighted by Gasteiger charge is -2.40. The molecule has 0 aromatic heterocycles. The summed E-state index contributed by atoms with van der Waals surface area (Å²) >= 11 is 0. The Morgan fingerprint density at radius 1 is 1.50 bits per heavy atom. The molecular weight excluding hydrogens is 152 g/mol. The third-order valence-corrected chi connectivity index (χ3v) is 2.74. The van der Waals surface area contributed by atoms with Crippen LogP contribution in [0.15, 0.2) is 0 Å². The summed E-state index contributed by atoms with van der Waals surface area (Å²) in [4.78, 5) is 2.41. The topological polar surface area (TPSA) is 24.5 Å². The van der Waals surface area contributed by atoms with Crippen LogP contribution in [0.25, 0.3) is 0 Å². The van der Waals surface area contributed by atoms with E-state index in [1.807, 2.05) is 7.05 Å². The largest absolute Gasteiger partial charge is 0.381 e. The number of rotatable bonds is 5. The molecule has 72 valence electrons. The van der Waals surface area contributed by atoms with E-state index in [4.69, 9.17) is 4.74 Å². The summed E-state index contributed by atoms with van der Waals surface area (Å²) in [6, 6.07) is 0.753. The summed E-state index contributed by atoms with van der Waals surface area (Å²) in [5, 5.41) is 3.15. The Morgan fingerprint density at radius 3 is 2.67 bits per heavy atom. The fourth-order valence-electron chi connectivity index (χ4n) is 1.56. The Morgan fingerprint density at radius 2 is 2.17 bits per heavy atom. The molecule has 0 heterocycles. The van der Waals surface area contributed by atoms with E-state index in [-0.39, 0.29) is 0 Å². The minimum absolute atomic E-state index is 0.520. The minimum atomic E-state index is 0.520. The molecule has 0 amide bonds. The molecule has 12 heavy (non-hydrogen) atoms. The first kappa shape index (κ1) is 9.96. The zero-order valence-corrected chi connectivity index (χ0v) is 8.34. The van der Waals surface area contributed by atoms with E-state index in [1.54, 1.807) is 7.11 Å². The monoisotopic (exact) mass is 172 g/mol. The molecule has 0 aromatic rings. The van der Waals surface area contributed by atoms with Crippen LogP contribution in [0.5, 0.6) is 0 Å². The van der Waals surface area contributed by atoms with Gasteiger partial charge in [0.05, 0.1) is 6.10 Å². The Bertz CT molecular complexity index is 121. The lowest BCUT2D eigenvalue weighted by atomic mass is 9.88. The van der Waals surface area contributed by atoms with Crippen LogP contribution in [-0.2, 0) is 4.74 Å². The minimum Gasteiger partial charge on any atom is -0.381 e. The van der Waals surface area contributed by atoms with Crippen LogP contribution in [0.3, 0.4) is 0 Å². The van der Waals surface area contributed by atoms with E-state index in [0.29, 0.717) is 6.10 Å². The Labute approximate surface area is 75.1 Å². The van der Waals surface area contributed by atoms with E-state index < -0.39 is 0 Å². The van der Waals surface area contributed by atoms with Crippen molar-refractivity contribution < 1.29 is 4.74 Å². The average molecular weight is 172 g/mol. The smallest absolute Gasteiger partial charge is 0.0601 e. The standard InChI is InChI=1S/C9H20N2O/c1-10-4-5-11(2)8-6-9(7-8)12-3/h8-10H,4-7H2,1-3H3. The van der Waals surface area contributed by atoms with Gasteiger partial charge in [0.2, 0.25) is 0 Å². The number of likely N-dealkylation sites (N-methyl/N-ethyl adjacent to an activating group) is 2. The van der Waals surface area contributed by atoms with Gasteiger partial charge in [-0.3, -0.25) is 0 Å². The maximum Gasteiger partial charge on any atom is 0.0601 e. The van der Waals surface area contributed by atoms with Gasteiger partial charge in [0, 0.05) is 26.2 Å². The van der Waals surface area contributed by atoms with E-state index >= 15 is 0 Å². The molecule has 1 fully saturated rings. The predicted molar refractivity (Wildman–Crippen MR) is 50.4 cm³/mol. The highest BCUT2D eigenvalue weighted by Crippen LogP contribution is 2.26. The van der Waals surface area contributed by atoms with E-state index in [9.17, 15) is 0 Å². The summed E-state index contributed by atoms with van der Waals surface area (Å²) in [6.45, 7) is 2.21. The molecular formula is C9H20N2O. The van der Waals surface area contributed by atoms with Gasteiger partial charge in [-0.05, 0) is 26.9 Å². The number of hydrogen-bond donors (Lipinski definition) is 1. The van der Waals surface area contributed by atoms with Crippen molar-refractivity contribution in [2.75, 3.05) is 34.3 Å². The van der Waals surface area contributed by atoms with Gasteiger partial charge in [-0.2, -0.15) is 0 Å². The first-order chi connectivity index (χ1) is 5.77. The molecule has 3 nitrogen and oxygen atoms in total. The molecule has 1 saturated carbocycles. The summed E-state index contributed by atoms with van der Waals surface area (Å²) in [7, 11) is 5.98. The van der Waals surface area contributed by atoms with Crippen LogP contribution in [0, 0.1) is 0 Å². The predicted octanol–water partition coefficient (Wildman–Crippen LogP) is 0.315. The molecule has 1 aliphatic rings. The zero-order chi connectivity index (χ0) is 8.97. The van der Waals surface area contributed by atoms with Crippen LogP contribution in [0.2, 0.25) is 0 Å². The van der Waals surface area contributed by atoms with Crippen molar-refractivity contribution >= 4 is 0 Å². The van der Waals surface area contributed by atoms with Gasteiger partial charge in [-0.15, -0.1) is 0 Å².